The molecule has 0 aromatic rings. The molecule has 3 heteroatoms. The second-order valence-electron chi connectivity index (χ2n) is 4.55. The van der Waals surface area contributed by atoms with Crippen LogP contribution < -0.4 is 0 Å². The van der Waals surface area contributed by atoms with Crippen molar-refractivity contribution < 1.29 is 14.5 Å². The summed E-state index contributed by atoms with van der Waals surface area (Å²) in [5, 5.41) is 0. The minimum Gasteiger partial charge on any atom is -0.314 e. The van der Waals surface area contributed by atoms with Crippen LogP contribution in [0.4, 0.5) is 0 Å². The van der Waals surface area contributed by atoms with Gasteiger partial charge in [-0.2, -0.15) is 4.89 Å². The summed E-state index contributed by atoms with van der Waals surface area (Å²) in [4.78, 5) is 10.2. The zero-order chi connectivity index (χ0) is 12.3. The second-order valence-corrected chi connectivity index (χ2v) is 4.55. The highest BCUT2D eigenvalue weighted by Gasteiger charge is 2.25. The second kappa shape index (κ2) is 9.63. The Hall–Kier alpha value is -0.380. The summed E-state index contributed by atoms with van der Waals surface area (Å²) in [7, 11) is 0. The zero-order valence-electron chi connectivity index (χ0n) is 11.2. The Labute approximate surface area is 105 Å². The molecule has 0 N–H and O–H groups in total. The van der Waals surface area contributed by atoms with Gasteiger partial charge in [-0.1, -0.05) is 52.0 Å². The van der Waals surface area contributed by atoms with Crippen LogP contribution in [0.3, 0.4) is 0 Å². The smallest absolute Gasteiger partial charge is 0.213 e. The Morgan fingerprint density at radius 2 is 1.76 bits per heavy atom. The summed E-state index contributed by atoms with van der Waals surface area (Å²) in [5.74, 6) is 0. The minimum atomic E-state index is -0.304. The first kappa shape index (κ1) is 14.7. The summed E-state index contributed by atoms with van der Waals surface area (Å²) in [6.07, 6.45) is 13.0. The molecule has 0 spiro atoms. The van der Waals surface area contributed by atoms with Crippen molar-refractivity contribution in [2.45, 2.75) is 77.8 Å². The fourth-order valence-corrected chi connectivity index (χ4v) is 1.79. The van der Waals surface area contributed by atoms with E-state index in [9.17, 15) is 0 Å². The molecule has 1 aliphatic rings. The topological polar surface area (TPSA) is 27.7 Å². The molecule has 17 heavy (non-hydrogen) atoms. The molecule has 100 valence electrons. The number of unbranched alkanes of at least 4 members (excludes halogenated alkanes) is 5. The highest BCUT2D eigenvalue weighted by molar-refractivity contribution is 4.85. The lowest BCUT2D eigenvalue weighted by Gasteiger charge is -2.05. The summed E-state index contributed by atoms with van der Waals surface area (Å²) >= 11 is 0. The molecule has 1 aliphatic heterocycles. The Kier molecular flexibility index (Phi) is 8.32. The van der Waals surface area contributed by atoms with Crippen LogP contribution in [0.1, 0.15) is 65.2 Å². The first-order valence-corrected chi connectivity index (χ1v) is 7.01. The normalized spacial score (nSPS) is 24.8. The van der Waals surface area contributed by atoms with Crippen molar-refractivity contribution in [3.8, 4) is 0 Å². The van der Waals surface area contributed by atoms with E-state index in [1.807, 2.05) is 6.08 Å². The quantitative estimate of drug-likeness (QED) is 0.342. The molecule has 0 bridgehead atoms. The first-order valence-electron chi connectivity index (χ1n) is 7.01. The fourth-order valence-electron chi connectivity index (χ4n) is 1.79. The van der Waals surface area contributed by atoms with E-state index in [0.717, 1.165) is 25.7 Å². The standard InChI is InChI=1S/C14H26O3/c1-3-5-7-8-10-12-14-15-13(16-17-14)11-9-6-4-2/h9,11,13-14H,3-8,10,12H2,1-2H3/b11-9+. The van der Waals surface area contributed by atoms with Gasteiger partial charge in [-0.15, -0.1) is 0 Å². The van der Waals surface area contributed by atoms with Crippen molar-refractivity contribution in [2.75, 3.05) is 0 Å². The van der Waals surface area contributed by atoms with E-state index < -0.39 is 0 Å². The molecule has 0 aromatic carbocycles. The van der Waals surface area contributed by atoms with Crippen LogP contribution in [0.25, 0.3) is 0 Å². The SMILES string of the molecule is CCC/C=C/C1OOC(CCCCCCC)O1. The van der Waals surface area contributed by atoms with Crippen LogP contribution in [0.5, 0.6) is 0 Å². The van der Waals surface area contributed by atoms with E-state index >= 15 is 0 Å². The highest BCUT2D eigenvalue weighted by Crippen LogP contribution is 2.20. The Morgan fingerprint density at radius 3 is 2.53 bits per heavy atom. The molecule has 1 rings (SSSR count). The molecule has 0 radical (unpaired) electrons. The van der Waals surface area contributed by atoms with Crippen LogP contribution in [0, 0.1) is 0 Å². The van der Waals surface area contributed by atoms with Crippen LogP contribution in [-0.4, -0.2) is 12.6 Å². The van der Waals surface area contributed by atoms with Crippen LogP contribution in [0.15, 0.2) is 12.2 Å². The summed E-state index contributed by atoms with van der Waals surface area (Å²) < 4.78 is 5.58. The Bertz CT molecular complexity index is 204. The molecule has 0 saturated carbocycles. The maximum atomic E-state index is 5.58. The van der Waals surface area contributed by atoms with Crippen molar-refractivity contribution in [3.63, 3.8) is 0 Å². The van der Waals surface area contributed by atoms with Gasteiger partial charge in [0.05, 0.1) is 0 Å². The lowest BCUT2D eigenvalue weighted by Crippen LogP contribution is -2.09. The van der Waals surface area contributed by atoms with E-state index in [2.05, 4.69) is 19.9 Å². The number of hydrogen-bond donors (Lipinski definition) is 0. The van der Waals surface area contributed by atoms with Crippen molar-refractivity contribution in [3.05, 3.63) is 12.2 Å². The molecule has 3 nitrogen and oxygen atoms in total. The van der Waals surface area contributed by atoms with Crippen molar-refractivity contribution in [2.24, 2.45) is 0 Å². The van der Waals surface area contributed by atoms with Gasteiger partial charge >= 0.3 is 0 Å². The fraction of sp³-hybridized carbons (Fsp3) is 0.857. The number of hydrogen-bond acceptors (Lipinski definition) is 3. The Balaban J connectivity index is 2.01. The predicted molar refractivity (Wildman–Crippen MR) is 68.3 cm³/mol. The average molecular weight is 242 g/mol. The van der Waals surface area contributed by atoms with E-state index in [-0.39, 0.29) is 12.6 Å². The molecule has 1 saturated heterocycles. The van der Waals surface area contributed by atoms with Crippen LogP contribution >= 0.6 is 0 Å². The minimum absolute atomic E-state index is 0.173. The van der Waals surface area contributed by atoms with Gasteiger partial charge in [0.2, 0.25) is 6.29 Å². The third kappa shape index (κ3) is 6.81. The van der Waals surface area contributed by atoms with Gasteiger partial charge < -0.3 is 4.74 Å². The Morgan fingerprint density at radius 1 is 0.941 bits per heavy atom. The third-order valence-electron chi connectivity index (χ3n) is 2.84. The van der Waals surface area contributed by atoms with E-state index in [1.54, 1.807) is 0 Å². The predicted octanol–water partition coefficient (Wildman–Crippen LogP) is 4.33. The van der Waals surface area contributed by atoms with Gasteiger partial charge in [0.15, 0.2) is 6.29 Å². The molecule has 1 heterocycles. The highest BCUT2D eigenvalue weighted by atomic mass is 17.3. The maximum absolute atomic E-state index is 5.58. The largest absolute Gasteiger partial charge is 0.314 e. The van der Waals surface area contributed by atoms with Gasteiger partial charge in [0, 0.05) is 6.42 Å². The van der Waals surface area contributed by atoms with Gasteiger partial charge in [0.25, 0.3) is 0 Å². The maximum Gasteiger partial charge on any atom is 0.213 e. The first-order chi connectivity index (χ1) is 8.36. The van der Waals surface area contributed by atoms with E-state index in [1.165, 1.54) is 25.7 Å². The molecule has 2 unspecified atom stereocenters. The van der Waals surface area contributed by atoms with E-state index in [0.29, 0.717) is 0 Å². The molecule has 0 aliphatic carbocycles. The summed E-state index contributed by atoms with van der Waals surface area (Å²) in [5.41, 5.74) is 0. The zero-order valence-corrected chi connectivity index (χ0v) is 11.2. The third-order valence-corrected chi connectivity index (χ3v) is 2.84. The van der Waals surface area contributed by atoms with E-state index in [4.69, 9.17) is 14.5 Å². The summed E-state index contributed by atoms with van der Waals surface area (Å²) in [6, 6.07) is 0. The molecule has 0 amide bonds. The summed E-state index contributed by atoms with van der Waals surface area (Å²) in [6.45, 7) is 4.38. The van der Waals surface area contributed by atoms with Gasteiger partial charge in [-0.3, -0.25) is 0 Å². The average Bonchev–Trinajstić information content (AvgIpc) is 2.77. The monoisotopic (exact) mass is 242 g/mol. The number of ether oxygens (including phenoxy) is 1. The lowest BCUT2D eigenvalue weighted by atomic mass is 10.1. The van der Waals surface area contributed by atoms with Crippen LogP contribution in [0.2, 0.25) is 0 Å². The lowest BCUT2D eigenvalue weighted by molar-refractivity contribution is -0.289. The van der Waals surface area contributed by atoms with Crippen molar-refractivity contribution in [1.82, 2.24) is 0 Å². The van der Waals surface area contributed by atoms with Gasteiger partial charge in [0.1, 0.15) is 0 Å². The molecular formula is C14H26O3. The van der Waals surface area contributed by atoms with Crippen LogP contribution in [-0.2, 0) is 14.5 Å². The molecule has 2 atom stereocenters. The van der Waals surface area contributed by atoms with Gasteiger partial charge in [-0.05, 0) is 18.9 Å². The van der Waals surface area contributed by atoms with Crippen molar-refractivity contribution >= 4 is 0 Å². The number of rotatable bonds is 9. The number of allylic oxidation sites excluding steroid dienone is 1. The molecular weight excluding hydrogens is 216 g/mol. The van der Waals surface area contributed by atoms with Crippen molar-refractivity contribution in [1.29, 1.82) is 0 Å². The van der Waals surface area contributed by atoms with Gasteiger partial charge in [-0.25, -0.2) is 4.89 Å². The molecule has 0 aromatic heterocycles. The molecule has 1 fully saturated rings.